The third-order valence-corrected chi connectivity index (χ3v) is 4.31. The lowest BCUT2D eigenvalue weighted by Crippen LogP contribution is -2.13. The van der Waals surface area contributed by atoms with E-state index in [-0.39, 0.29) is 26.9 Å². The third-order valence-electron chi connectivity index (χ3n) is 2.78. The van der Waals surface area contributed by atoms with Gasteiger partial charge in [0.15, 0.2) is 0 Å². The summed E-state index contributed by atoms with van der Waals surface area (Å²) in [6.07, 6.45) is 0.674. The van der Waals surface area contributed by atoms with Crippen molar-refractivity contribution in [2.45, 2.75) is 13.3 Å². The molecule has 110 valence electrons. The predicted octanol–water partition coefficient (Wildman–Crippen LogP) is 3.62. The number of aromatic hydroxyl groups is 1. The van der Waals surface area contributed by atoms with Gasteiger partial charge in [0.25, 0.3) is 5.91 Å². The van der Waals surface area contributed by atoms with E-state index in [1.807, 2.05) is 6.92 Å². The molecule has 1 aromatic carbocycles. The fourth-order valence-corrected chi connectivity index (χ4v) is 2.91. The highest BCUT2D eigenvalue weighted by atomic mass is 35.5. The molecule has 2 aromatic rings. The first-order valence-electron chi connectivity index (χ1n) is 6.08. The van der Waals surface area contributed by atoms with Crippen LogP contribution in [0.15, 0.2) is 24.3 Å². The summed E-state index contributed by atoms with van der Waals surface area (Å²) in [5, 5.41) is 21.5. The molecule has 0 aliphatic carbocycles. The minimum absolute atomic E-state index is 0.0430. The second kappa shape index (κ2) is 6.15. The van der Waals surface area contributed by atoms with Crippen LogP contribution in [0.4, 0.5) is 5.00 Å². The molecule has 5 nitrogen and oxygen atoms in total. The molecule has 1 amide bonds. The molecule has 2 rings (SSSR count). The van der Waals surface area contributed by atoms with Crippen molar-refractivity contribution in [1.29, 1.82) is 0 Å². The zero-order chi connectivity index (χ0) is 15.6. The molecule has 0 radical (unpaired) electrons. The fourth-order valence-electron chi connectivity index (χ4n) is 1.73. The molecule has 0 aliphatic heterocycles. The van der Waals surface area contributed by atoms with Crippen molar-refractivity contribution in [2.24, 2.45) is 0 Å². The van der Waals surface area contributed by atoms with E-state index < -0.39 is 11.9 Å². The Kier molecular flexibility index (Phi) is 4.50. The van der Waals surface area contributed by atoms with E-state index in [0.717, 1.165) is 4.88 Å². The summed E-state index contributed by atoms with van der Waals surface area (Å²) in [5.74, 6) is -1.77. The molecule has 0 spiro atoms. The second-order valence-corrected chi connectivity index (χ2v) is 5.78. The Morgan fingerprint density at radius 1 is 1.29 bits per heavy atom. The van der Waals surface area contributed by atoms with Gasteiger partial charge in [0.05, 0.1) is 16.1 Å². The monoisotopic (exact) mass is 325 g/mol. The number of aryl methyl sites for hydroxylation is 1. The lowest BCUT2D eigenvalue weighted by molar-refractivity contribution is 0.0698. The van der Waals surface area contributed by atoms with Crippen LogP contribution in [0.2, 0.25) is 5.02 Å². The van der Waals surface area contributed by atoms with Gasteiger partial charge in [-0.3, -0.25) is 4.79 Å². The molecular weight excluding hydrogens is 314 g/mol. The van der Waals surface area contributed by atoms with Gasteiger partial charge in [0.2, 0.25) is 0 Å². The number of halogens is 1. The van der Waals surface area contributed by atoms with Gasteiger partial charge in [-0.2, -0.15) is 0 Å². The van der Waals surface area contributed by atoms with Crippen LogP contribution in [-0.4, -0.2) is 22.1 Å². The molecule has 0 fully saturated rings. The highest BCUT2D eigenvalue weighted by Gasteiger charge is 2.19. The first-order valence-corrected chi connectivity index (χ1v) is 7.27. The Labute approximate surface area is 129 Å². The fraction of sp³-hybridized carbons (Fsp3) is 0.143. The van der Waals surface area contributed by atoms with Crippen LogP contribution in [-0.2, 0) is 6.42 Å². The van der Waals surface area contributed by atoms with Crippen LogP contribution in [0, 0.1) is 0 Å². The number of anilines is 1. The number of phenols is 1. The Balaban J connectivity index is 2.33. The van der Waals surface area contributed by atoms with E-state index in [9.17, 15) is 14.7 Å². The normalized spacial score (nSPS) is 10.4. The highest BCUT2D eigenvalue weighted by Crippen LogP contribution is 2.30. The SMILES string of the molecule is CCc1cc(C(=O)O)c(NC(=O)c2cc(O)ccc2Cl)s1. The maximum Gasteiger partial charge on any atom is 0.338 e. The zero-order valence-electron chi connectivity index (χ0n) is 11.0. The largest absolute Gasteiger partial charge is 0.508 e. The van der Waals surface area contributed by atoms with Gasteiger partial charge < -0.3 is 15.5 Å². The first kappa shape index (κ1) is 15.3. The van der Waals surface area contributed by atoms with Crippen molar-refractivity contribution < 1.29 is 19.8 Å². The number of aromatic carboxylic acids is 1. The van der Waals surface area contributed by atoms with E-state index in [4.69, 9.17) is 16.7 Å². The van der Waals surface area contributed by atoms with Crippen LogP contribution >= 0.6 is 22.9 Å². The highest BCUT2D eigenvalue weighted by molar-refractivity contribution is 7.16. The summed E-state index contributed by atoms with van der Waals surface area (Å²) >= 11 is 7.11. The molecule has 0 saturated heterocycles. The number of carboxylic acids is 1. The Bertz CT molecular complexity index is 711. The smallest absolute Gasteiger partial charge is 0.338 e. The maximum absolute atomic E-state index is 12.2. The number of phenolic OH excluding ortho intramolecular Hbond substituents is 1. The number of nitrogens with one attached hydrogen (secondary N) is 1. The van der Waals surface area contributed by atoms with E-state index in [0.29, 0.717) is 6.42 Å². The first-order chi connectivity index (χ1) is 9.92. The molecule has 0 saturated carbocycles. The standard InChI is InChI=1S/C14H12ClNO4S/c1-2-8-6-10(14(19)20)13(21-8)16-12(18)9-5-7(17)3-4-11(9)15/h3-6,17H,2H2,1H3,(H,16,18)(H,19,20). The van der Waals surface area contributed by atoms with Crippen LogP contribution < -0.4 is 5.32 Å². The second-order valence-electron chi connectivity index (χ2n) is 4.23. The molecule has 3 N–H and O–H groups in total. The topological polar surface area (TPSA) is 86.6 Å². The Morgan fingerprint density at radius 2 is 2.00 bits per heavy atom. The van der Waals surface area contributed by atoms with E-state index in [1.165, 1.54) is 35.6 Å². The summed E-state index contributed by atoms with van der Waals surface area (Å²) < 4.78 is 0. The van der Waals surface area contributed by atoms with Gasteiger partial charge in [-0.25, -0.2) is 4.79 Å². The van der Waals surface area contributed by atoms with Crippen LogP contribution in [0.3, 0.4) is 0 Å². The van der Waals surface area contributed by atoms with E-state index in [2.05, 4.69) is 5.32 Å². The van der Waals surface area contributed by atoms with E-state index in [1.54, 1.807) is 0 Å². The molecule has 1 heterocycles. The summed E-state index contributed by atoms with van der Waals surface area (Å²) in [4.78, 5) is 24.2. The number of carbonyl (C=O) groups is 2. The molecule has 0 bridgehead atoms. The van der Waals surface area contributed by atoms with Crippen molar-refractivity contribution in [3.8, 4) is 5.75 Å². The molecule has 0 atom stereocenters. The van der Waals surface area contributed by atoms with Gasteiger partial charge in [-0.1, -0.05) is 18.5 Å². The van der Waals surface area contributed by atoms with E-state index >= 15 is 0 Å². The van der Waals surface area contributed by atoms with Gasteiger partial charge >= 0.3 is 5.97 Å². The van der Waals surface area contributed by atoms with Crippen molar-refractivity contribution >= 4 is 39.8 Å². The number of carboxylic acid groups (broad SMARTS) is 1. The molecular formula is C14H12ClNO4S. The number of hydrogen-bond acceptors (Lipinski definition) is 4. The lowest BCUT2D eigenvalue weighted by Gasteiger charge is -2.06. The van der Waals surface area contributed by atoms with Crippen LogP contribution in [0.5, 0.6) is 5.75 Å². The van der Waals surface area contributed by atoms with Crippen LogP contribution in [0.1, 0.15) is 32.5 Å². The number of carbonyl (C=O) groups excluding carboxylic acids is 1. The van der Waals surface area contributed by atoms with Crippen LogP contribution in [0.25, 0.3) is 0 Å². The number of rotatable bonds is 4. The minimum atomic E-state index is -1.11. The van der Waals surface area contributed by atoms with Crippen molar-refractivity contribution in [1.82, 2.24) is 0 Å². The average molecular weight is 326 g/mol. The summed E-state index contributed by atoms with van der Waals surface area (Å²) in [5.41, 5.74) is 0.126. The predicted molar refractivity (Wildman–Crippen MR) is 81.7 cm³/mol. The minimum Gasteiger partial charge on any atom is -0.508 e. The zero-order valence-corrected chi connectivity index (χ0v) is 12.6. The van der Waals surface area contributed by atoms with Crippen molar-refractivity contribution in [2.75, 3.05) is 5.32 Å². The number of thiophene rings is 1. The van der Waals surface area contributed by atoms with Crippen molar-refractivity contribution in [3.63, 3.8) is 0 Å². The molecule has 21 heavy (non-hydrogen) atoms. The average Bonchev–Trinajstić information content (AvgIpc) is 2.84. The summed E-state index contributed by atoms with van der Waals surface area (Å²) in [7, 11) is 0. The number of hydrogen-bond donors (Lipinski definition) is 3. The molecule has 1 aromatic heterocycles. The number of amides is 1. The quantitative estimate of drug-likeness (QED) is 0.801. The summed E-state index contributed by atoms with van der Waals surface area (Å²) in [6, 6.07) is 5.52. The molecule has 0 unspecified atom stereocenters. The van der Waals surface area contributed by atoms with Crippen molar-refractivity contribution in [3.05, 3.63) is 45.3 Å². The Morgan fingerprint density at radius 3 is 2.62 bits per heavy atom. The summed E-state index contributed by atoms with van der Waals surface area (Å²) in [6.45, 7) is 1.90. The Hall–Kier alpha value is -2.05. The molecule has 0 aliphatic rings. The maximum atomic E-state index is 12.2. The van der Waals surface area contributed by atoms with Gasteiger partial charge in [0.1, 0.15) is 10.8 Å². The van der Waals surface area contributed by atoms with Gasteiger partial charge in [-0.05, 0) is 30.7 Å². The lowest BCUT2D eigenvalue weighted by atomic mass is 10.2. The third kappa shape index (κ3) is 3.34. The van der Waals surface area contributed by atoms with Gasteiger partial charge in [-0.15, -0.1) is 11.3 Å². The molecule has 7 heteroatoms. The van der Waals surface area contributed by atoms with Gasteiger partial charge in [0, 0.05) is 4.88 Å². The number of benzene rings is 1.